The molecule has 2 atom stereocenters. The van der Waals surface area contributed by atoms with E-state index in [1.165, 1.54) is 0 Å². The number of fused-ring (bicyclic) bond motifs is 1. The number of carbonyl (C=O) groups excluding carboxylic acids is 1. The summed E-state index contributed by atoms with van der Waals surface area (Å²) < 4.78 is 16.5. The zero-order chi connectivity index (χ0) is 14.7. The molecule has 2 heterocycles. The van der Waals surface area contributed by atoms with Gasteiger partial charge in [-0.3, -0.25) is 4.79 Å². The van der Waals surface area contributed by atoms with E-state index in [0.717, 1.165) is 23.6 Å². The molecule has 2 aliphatic heterocycles. The molecule has 3 rings (SSSR count). The number of nitrogens with one attached hydrogen (secondary N) is 2. The van der Waals surface area contributed by atoms with Crippen LogP contribution in [-0.2, 0) is 9.53 Å². The van der Waals surface area contributed by atoms with Gasteiger partial charge < -0.3 is 24.8 Å². The van der Waals surface area contributed by atoms with Crippen molar-refractivity contribution in [2.75, 3.05) is 32.9 Å². The van der Waals surface area contributed by atoms with Crippen LogP contribution in [0, 0.1) is 0 Å². The lowest BCUT2D eigenvalue weighted by molar-refractivity contribution is -0.134. The molecular weight excluding hydrogens is 308 g/mol. The van der Waals surface area contributed by atoms with E-state index in [2.05, 4.69) is 10.6 Å². The molecule has 0 saturated carbocycles. The van der Waals surface area contributed by atoms with E-state index in [9.17, 15) is 4.79 Å². The average Bonchev–Trinajstić information content (AvgIpc) is 2.55. The molecule has 2 aliphatic rings. The van der Waals surface area contributed by atoms with Crippen molar-refractivity contribution in [2.24, 2.45) is 0 Å². The summed E-state index contributed by atoms with van der Waals surface area (Å²) >= 11 is 0. The zero-order valence-corrected chi connectivity index (χ0v) is 13.3. The topological polar surface area (TPSA) is 68.8 Å². The van der Waals surface area contributed by atoms with Crippen molar-refractivity contribution in [3.8, 4) is 11.5 Å². The molecule has 0 radical (unpaired) electrons. The average molecular weight is 329 g/mol. The first-order valence-corrected chi connectivity index (χ1v) is 7.26. The molecule has 1 aromatic rings. The molecule has 7 heteroatoms. The normalized spacial score (nSPS) is 21.4. The summed E-state index contributed by atoms with van der Waals surface area (Å²) in [5.74, 6) is 1.39. The van der Waals surface area contributed by atoms with Gasteiger partial charge in [-0.05, 0) is 24.6 Å². The van der Waals surface area contributed by atoms with E-state index >= 15 is 0 Å². The Bertz CT molecular complexity index is 520. The van der Waals surface area contributed by atoms with Crippen LogP contribution in [0.5, 0.6) is 11.5 Å². The van der Waals surface area contributed by atoms with E-state index in [4.69, 9.17) is 14.2 Å². The smallest absolute Gasteiger partial charge is 0.250 e. The Morgan fingerprint density at radius 3 is 2.77 bits per heavy atom. The maximum absolute atomic E-state index is 12.1. The minimum Gasteiger partial charge on any atom is -0.486 e. The van der Waals surface area contributed by atoms with Crippen molar-refractivity contribution in [1.29, 1.82) is 0 Å². The summed E-state index contributed by atoms with van der Waals surface area (Å²) in [7, 11) is 0. The molecular formula is C15H21ClN2O4. The highest BCUT2D eigenvalue weighted by Gasteiger charge is 2.23. The summed E-state index contributed by atoms with van der Waals surface area (Å²) in [5, 5.41) is 6.12. The Morgan fingerprint density at radius 1 is 1.27 bits per heavy atom. The van der Waals surface area contributed by atoms with Gasteiger partial charge in [0, 0.05) is 13.1 Å². The highest BCUT2D eigenvalue weighted by atomic mass is 35.5. The van der Waals surface area contributed by atoms with E-state index in [-0.39, 0.29) is 24.4 Å². The first-order valence-electron chi connectivity index (χ1n) is 7.26. The van der Waals surface area contributed by atoms with E-state index in [0.29, 0.717) is 26.4 Å². The number of hydrogen-bond donors (Lipinski definition) is 2. The SMILES string of the molecule is CC(NC(=O)C1CNCCO1)c1ccc2c(c1)OCCO2.Cl. The van der Waals surface area contributed by atoms with Gasteiger partial charge in [0.2, 0.25) is 0 Å². The fourth-order valence-electron chi connectivity index (χ4n) is 2.45. The van der Waals surface area contributed by atoms with Crippen LogP contribution in [0.4, 0.5) is 0 Å². The third-order valence-corrected chi connectivity index (χ3v) is 3.65. The summed E-state index contributed by atoms with van der Waals surface area (Å²) in [6, 6.07) is 5.63. The van der Waals surface area contributed by atoms with Gasteiger partial charge in [-0.2, -0.15) is 0 Å². The molecule has 0 spiro atoms. The maximum Gasteiger partial charge on any atom is 0.250 e. The minimum absolute atomic E-state index is 0. The number of hydrogen-bond acceptors (Lipinski definition) is 5. The fourth-order valence-corrected chi connectivity index (χ4v) is 2.45. The lowest BCUT2D eigenvalue weighted by atomic mass is 10.1. The molecule has 0 aliphatic carbocycles. The first kappa shape index (κ1) is 16.9. The molecule has 0 aromatic heterocycles. The predicted molar refractivity (Wildman–Crippen MR) is 83.8 cm³/mol. The van der Waals surface area contributed by atoms with E-state index in [1.54, 1.807) is 0 Å². The minimum atomic E-state index is -0.418. The fraction of sp³-hybridized carbons (Fsp3) is 0.533. The monoisotopic (exact) mass is 328 g/mol. The van der Waals surface area contributed by atoms with Gasteiger partial charge >= 0.3 is 0 Å². The molecule has 1 aromatic carbocycles. The molecule has 1 amide bonds. The Labute approximate surface area is 135 Å². The molecule has 22 heavy (non-hydrogen) atoms. The standard InChI is InChI=1S/C15H20N2O4.ClH/c1-10(17-15(18)14-9-16-4-5-19-14)11-2-3-12-13(8-11)21-7-6-20-12;/h2-3,8,10,14,16H,4-7,9H2,1H3,(H,17,18);1H. The van der Waals surface area contributed by atoms with Crippen molar-refractivity contribution in [1.82, 2.24) is 10.6 Å². The van der Waals surface area contributed by atoms with Crippen molar-refractivity contribution in [3.05, 3.63) is 23.8 Å². The molecule has 122 valence electrons. The van der Waals surface area contributed by atoms with Crippen LogP contribution in [0.25, 0.3) is 0 Å². The molecule has 2 N–H and O–H groups in total. The van der Waals surface area contributed by atoms with Crippen LogP contribution in [0.3, 0.4) is 0 Å². The first-order chi connectivity index (χ1) is 10.2. The third-order valence-electron chi connectivity index (χ3n) is 3.65. The predicted octanol–water partition coefficient (Wildman–Crippen LogP) is 1.05. The number of halogens is 1. The van der Waals surface area contributed by atoms with Crippen LogP contribution in [0.1, 0.15) is 18.5 Å². The number of carbonyl (C=O) groups is 1. The quantitative estimate of drug-likeness (QED) is 0.868. The number of rotatable bonds is 3. The van der Waals surface area contributed by atoms with Crippen molar-refractivity contribution in [3.63, 3.8) is 0 Å². The van der Waals surface area contributed by atoms with E-state index < -0.39 is 6.10 Å². The van der Waals surface area contributed by atoms with Crippen LogP contribution in [0.2, 0.25) is 0 Å². The maximum atomic E-state index is 12.1. The van der Waals surface area contributed by atoms with Gasteiger partial charge in [0.25, 0.3) is 5.91 Å². The highest BCUT2D eigenvalue weighted by Crippen LogP contribution is 2.32. The Morgan fingerprint density at radius 2 is 2.05 bits per heavy atom. The highest BCUT2D eigenvalue weighted by molar-refractivity contribution is 5.85. The van der Waals surface area contributed by atoms with Crippen LogP contribution >= 0.6 is 12.4 Å². The zero-order valence-electron chi connectivity index (χ0n) is 12.5. The van der Waals surface area contributed by atoms with Crippen molar-refractivity contribution in [2.45, 2.75) is 19.1 Å². The van der Waals surface area contributed by atoms with Crippen LogP contribution in [0.15, 0.2) is 18.2 Å². The lowest BCUT2D eigenvalue weighted by Gasteiger charge is -2.25. The summed E-state index contributed by atoms with van der Waals surface area (Å²) in [6.45, 7) is 4.99. The van der Waals surface area contributed by atoms with Crippen molar-refractivity contribution < 1.29 is 19.0 Å². The van der Waals surface area contributed by atoms with Crippen molar-refractivity contribution >= 4 is 18.3 Å². The Hall–Kier alpha value is -1.50. The van der Waals surface area contributed by atoms with Gasteiger partial charge in [0.05, 0.1) is 12.6 Å². The number of ether oxygens (including phenoxy) is 3. The molecule has 0 bridgehead atoms. The summed E-state index contributed by atoms with van der Waals surface area (Å²) in [6.07, 6.45) is -0.418. The second kappa shape index (κ2) is 7.67. The van der Waals surface area contributed by atoms with Gasteiger partial charge in [-0.25, -0.2) is 0 Å². The number of benzene rings is 1. The van der Waals surface area contributed by atoms with Crippen LogP contribution in [-0.4, -0.2) is 44.9 Å². The second-order valence-corrected chi connectivity index (χ2v) is 5.20. The van der Waals surface area contributed by atoms with Gasteiger partial charge in [0.1, 0.15) is 19.3 Å². The lowest BCUT2D eigenvalue weighted by Crippen LogP contribution is -2.48. The number of morpholine rings is 1. The van der Waals surface area contributed by atoms with E-state index in [1.807, 2.05) is 25.1 Å². The summed E-state index contributed by atoms with van der Waals surface area (Å²) in [5.41, 5.74) is 0.983. The van der Waals surface area contributed by atoms with Gasteiger partial charge in [-0.1, -0.05) is 6.07 Å². The van der Waals surface area contributed by atoms with Gasteiger partial charge in [0.15, 0.2) is 11.5 Å². The Balaban J connectivity index is 0.00000176. The Kier molecular flexibility index (Phi) is 5.88. The largest absolute Gasteiger partial charge is 0.486 e. The summed E-state index contributed by atoms with van der Waals surface area (Å²) in [4.78, 5) is 12.1. The molecule has 1 saturated heterocycles. The number of amides is 1. The van der Waals surface area contributed by atoms with Crippen LogP contribution < -0.4 is 20.1 Å². The second-order valence-electron chi connectivity index (χ2n) is 5.20. The molecule has 1 fully saturated rings. The molecule has 2 unspecified atom stereocenters. The third kappa shape index (κ3) is 3.82. The van der Waals surface area contributed by atoms with Gasteiger partial charge in [-0.15, -0.1) is 12.4 Å². The molecule has 6 nitrogen and oxygen atoms in total.